The highest BCUT2D eigenvalue weighted by atomic mass is 16.5. The molecule has 5 heteroatoms. The second-order valence-electron chi connectivity index (χ2n) is 5.51. The van der Waals surface area contributed by atoms with Crippen molar-refractivity contribution in [2.24, 2.45) is 0 Å². The fraction of sp³-hybridized carbons (Fsp3) is 0.238. The molecule has 0 saturated heterocycles. The number of hydrogen-bond donors (Lipinski definition) is 1. The van der Waals surface area contributed by atoms with E-state index in [0.717, 1.165) is 5.56 Å². The monoisotopic (exact) mass is 350 g/mol. The van der Waals surface area contributed by atoms with Crippen molar-refractivity contribution in [1.29, 1.82) is 0 Å². The second kappa shape index (κ2) is 9.28. The summed E-state index contributed by atoms with van der Waals surface area (Å²) in [5, 5.41) is 2.87. The van der Waals surface area contributed by atoms with Crippen molar-refractivity contribution in [2.45, 2.75) is 13.8 Å². The molecule has 0 atom stereocenters. The maximum absolute atomic E-state index is 12.1. The van der Waals surface area contributed by atoms with Gasteiger partial charge in [0.25, 0.3) is 0 Å². The fourth-order valence-electron chi connectivity index (χ4n) is 2.37. The lowest BCUT2D eigenvalue weighted by molar-refractivity contribution is 0.0600. The van der Waals surface area contributed by atoms with E-state index in [0.29, 0.717) is 29.9 Å². The van der Waals surface area contributed by atoms with E-state index in [1.807, 2.05) is 44.2 Å². The Morgan fingerprint density at radius 1 is 1.00 bits per heavy atom. The number of amides is 2. The van der Waals surface area contributed by atoms with Crippen LogP contribution in [-0.4, -0.2) is 37.1 Å². The summed E-state index contributed by atoms with van der Waals surface area (Å²) in [6.45, 7) is 5.18. The molecule has 0 spiro atoms. The Kier molecular flexibility index (Phi) is 6.81. The van der Waals surface area contributed by atoms with E-state index in [2.05, 4.69) is 17.2 Å². The molecule has 134 valence electrons. The molecule has 0 bridgehead atoms. The van der Waals surface area contributed by atoms with Crippen LogP contribution in [-0.2, 0) is 4.74 Å². The Labute approximate surface area is 154 Å². The van der Waals surface area contributed by atoms with Crippen LogP contribution in [0.15, 0.2) is 48.5 Å². The van der Waals surface area contributed by atoms with Gasteiger partial charge >= 0.3 is 12.0 Å². The highest BCUT2D eigenvalue weighted by molar-refractivity contribution is 5.90. The lowest BCUT2D eigenvalue weighted by Crippen LogP contribution is -2.34. The van der Waals surface area contributed by atoms with Gasteiger partial charge in [-0.3, -0.25) is 0 Å². The van der Waals surface area contributed by atoms with E-state index >= 15 is 0 Å². The van der Waals surface area contributed by atoms with Crippen LogP contribution in [0.2, 0.25) is 0 Å². The predicted molar refractivity (Wildman–Crippen MR) is 102 cm³/mol. The van der Waals surface area contributed by atoms with Crippen LogP contribution in [0.5, 0.6) is 0 Å². The van der Waals surface area contributed by atoms with Crippen molar-refractivity contribution in [2.75, 3.05) is 25.5 Å². The Hall–Kier alpha value is -3.26. The summed E-state index contributed by atoms with van der Waals surface area (Å²) in [5.74, 6) is 5.68. The molecule has 0 radical (unpaired) electrons. The van der Waals surface area contributed by atoms with Crippen molar-refractivity contribution in [3.63, 3.8) is 0 Å². The van der Waals surface area contributed by atoms with E-state index in [1.54, 1.807) is 23.1 Å². The molecule has 5 nitrogen and oxygen atoms in total. The molecule has 2 amide bonds. The zero-order chi connectivity index (χ0) is 18.9. The first-order chi connectivity index (χ1) is 12.6. The van der Waals surface area contributed by atoms with Crippen molar-refractivity contribution < 1.29 is 14.3 Å². The first-order valence-corrected chi connectivity index (χ1v) is 8.43. The first kappa shape index (κ1) is 19.1. The number of nitrogens with one attached hydrogen (secondary N) is 1. The van der Waals surface area contributed by atoms with E-state index in [4.69, 9.17) is 4.74 Å². The van der Waals surface area contributed by atoms with Crippen molar-refractivity contribution in [3.05, 3.63) is 65.2 Å². The SMILES string of the molecule is CCN(CC)C(=O)Nc1cccc(C#Cc2cccc(C(=O)OC)c2)c1. The van der Waals surface area contributed by atoms with Crippen LogP contribution in [0.4, 0.5) is 10.5 Å². The minimum atomic E-state index is -0.394. The van der Waals surface area contributed by atoms with Crippen LogP contribution < -0.4 is 5.32 Å². The number of anilines is 1. The molecule has 0 saturated carbocycles. The zero-order valence-corrected chi connectivity index (χ0v) is 15.2. The first-order valence-electron chi connectivity index (χ1n) is 8.43. The third-order valence-corrected chi connectivity index (χ3v) is 3.80. The Balaban J connectivity index is 2.16. The molecular formula is C21H22N2O3. The smallest absolute Gasteiger partial charge is 0.337 e. The number of nitrogens with zero attached hydrogens (tertiary/aromatic N) is 1. The number of ether oxygens (including phenoxy) is 1. The second-order valence-corrected chi connectivity index (χ2v) is 5.51. The van der Waals surface area contributed by atoms with Crippen molar-refractivity contribution in [1.82, 2.24) is 4.90 Å². The number of rotatable bonds is 4. The Morgan fingerprint density at radius 2 is 1.62 bits per heavy atom. The minimum Gasteiger partial charge on any atom is -0.465 e. The molecular weight excluding hydrogens is 328 g/mol. The molecule has 0 aromatic heterocycles. The summed E-state index contributed by atoms with van der Waals surface area (Å²) in [7, 11) is 1.35. The standard InChI is InChI=1S/C21H22N2O3/c1-4-23(5-2)21(25)22-19-11-7-9-17(15-19)13-12-16-8-6-10-18(14-16)20(24)26-3/h6-11,14-15H,4-5H2,1-3H3,(H,22,25). The normalized spacial score (nSPS) is 9.65. The van der Waals surface area contributed by atoms with Gasteiger partial charge in [-0.1, -0.05) is 24.0 Å². The molecule has 1 N–H and O–H groups in total. The quantitative estimate of drug-likeness (QED) is 0.675. The Bertz CT molecular complexity index is 846. The van der Waals surface area contributed by atoms with Gasteiger partial charge in [0.15, 0.2) is 0 Å². The Morgan fingerprint density at radius 3 is 2.23 bits per heavy atom. The number of methoxy groups -OCH3 is 1. The summed E-state index contributed by atoms with van der Waals surface area (Å²) in [6, 6.07) is 14.2. The van der Waals surface area contributed by atoms with Gasteiger partial charge in [0.2, 0.25) is 0 Å². The van der Waals surface area contributed by atoms with Crippen LogP contribution in [0.1, 0.15) is 35.3 Å². The largest absolute Gasteiger partial charge is 0.465 e. The maximum Gasteiger partial charge on any atom is 0.337 e. The summed E-state index contributed by atoms with van der Waals surface area (Å²) in [5.41, 5.74) is 2.63. The third-order valence-electron chi connectivity index (χ3n) is 3.80. The average molecular weight is 350 g/mol. The van der Waals surface area contributed by atoms with E-state index in [-0.39, 0.29) is 6.03 Å². The highest BCUT2D eigenvalue weighted by Crippen LogP contribution is 2.11. The van der Waals surface area contributed by atoms with Gasteiger partial charge in [-0.15, -0.1) is 0 Å². The number of hydrogen-bond acceptors (Lipinski definition) is 3. The van der Waals surface area contributed by atoms with Gasteiger partial charge in [-0.05, 0) is 50.2 Å². The molecule has 2 rings (SSSR count). The van der Waals surface area contributed by atoms with Crippen LogP contribution in [0, 0.1) is 11.8 Å². The van der Waals surface area contributed by atoms with Gasteiger partial charge in [-0.2, -0.15) is 0 Å². The number of urea groups is 1. The molecule has 0 heterocycles. The summed E-state index contributed by atoms with van der Waals surface area (Å²) >= 11 is 0. The van der Waals surface area contributed by atoms with Gasteiger partial charge < -0.3 is 15.0 Å². The highest BCUT2D eigenvalue weighted by Gasteiger charge is 2.09. The van der Waals surface area contributed by atoms with E-state index in [9.17, 15) is 9.59 Å². The third kappa shape index (κ3) is 5.12. The van der Waals surface area contributed by atoms with Gasteiger partial charge in [0.1, 0.15) is 0 Å². The summed E-state index contributed by atoms with van der Waals surface area (Å²) < 4.78 is 4.71. The predicted octanol–water partition coefficient (Wildman–Crippen LogP) is 3.75. The topological polar surface area (TPSA) is 58.6 Å². The van der Waals surface area contributed by atoms with Crippen molar-refractivity contribution >= 4 is 17.7 Å². The maximum atomic E-state index is 12.1. The molecule has 0 unspecified atom stereocenters. The number of carbonyl (C=O) groups is 2. The molecule has 0 fully saturated rings. The van der Waals surface area contributed by atoms with Gasteiger partial charge in [0, 0.05) is 29.9 Å². The summed E-state index contributed by atoms with van der Waals surface area (Å²) in [6.07, 6.45) is 0. The molecule has 2 aromatic rings. The van der Waals surface area contributed by atoms with Gasteiger partial charge in [0.05, 0.1) is 12.7 Å². The van der Waals surface area contributed by atoms with Crippen LogP contribution in [0.25, 0.3) is 0 Å². The zero-order valence-electron chi connectivity index (χ0n) is 15.2. The molecule has 0 aliphatic carbocycles. The van der Waals surface area contributed by atoms with Gasteiger partial charge in [-0.25, -0.2) is 9.59 Å². The average Bonchev–Trinajstić information content (AvgIpc) is 2.67. The van der Waals surface area contributed by atoms with E-state index < -0.39 is 5.97 Å². The van der Waals surface area contributed by atoms with Crippen LogP contribution >= 0.6 is 0 Å². The molecule has 0 aliphatic heterocycles. The number of esters is 1. The summed E-state index contributed by atoms with van der Waals surface area (Å²) in [4.78, 5) is 25.4. The lowest BCUT2D eigenvalue weighted by Gasteiger charge is -2.19. The molecule has 0 aliphatic rings. The van der Waals surface area contributed by atoms with Crippen molar-refractivity contribution in [3.8, 4) is 11.8 Å². The molecule has 2 aromatic carbocycles. The number of benzene rings is 2. The fourth-order valence-corrected chi connectivity index (χ4v) is 2.37. The number of carbonyl (C=O) groups excluding carboxylic acids is 2. The van der Waals surface area contributed by atoms with Crippen LogP contribution in [0.3, 0.4) is 0 Å². The minimum absolute atomic E-state index is 0.133. The molecule has 26 heavy (non-hydrogen) atoms. The van der Waals surface area contributed by atoms with E-state index in [1.165, 1.54) is 7.11 Å². The lowest BCUT2D eigenvalue weighted by atomic mass is 10.1.